The summed E-state index contributed by atoms with van der Waals surface area (Å²) in [7, 11) is 0.151. The number of benzene rings is 3. The van der Waals surface area contributed by atoms with E-state index in [1.807, 2.05) is 30.3 Å². The molecule has 0 fully saturated rings. The summed E-state index contributed by atoms with van der Waals surface area (Å²) < 4.78 is 41.8. The van der Waals surface area contributed by atoms with Gasteiger partial charge in [0.15, 0.2) is 6.61 Å². The van der Waals surface area contributed by atoms with Crippen LogP contribution in [0.4, 0.5) is 5.69 Å². The minimum atomic E-state index is -3.73. The second-order valence-corrected chi connectivity index (χ2v) is 9.88. The minimum absolute atomic E-state index is 0.0515. The number of sulfonamides is 1. The maximum absolute atomic E-state index is 12.9. The molecule has 3 rings (SSSR count). The summed E-state index contributed by atoms with van der Waals surface area (Å²) in [5.74, 6) is -1.68. The number of esters is 2. The Hall–Kier alpha value is -4.22. The van der Waals surface area contributed by atoms with Crippen LogP contribution in [0, 0.1) is 0 Å². The number of amides is 1. The molecule has 1 N–H and O–H groups in total. The van der Waals surface area contributed by atoms with E-state index in [2.05, 4.69) is 14.8 Å². The van der Waals surface area contributed by atoms with Gasteiger partial charge in [0.2, 0.25) is 10.0 Å². The monoisotopic (exact) mass is 526 g/mol. The summed E-state index contributed by atoms with van der Waals surface area (Å²) in [4.78, 5) is 36.3. The number of carbonyl (C=O) groups excluding carboxylic acids is 3. The lowest BCUT2D eigenvalue weighted by molar-refractivity contribution is -0.118. The number of hydrogen-bond acceptors (Lipinski definition) is 8. The first-order chi connectivity index (χ1) is 17.6. The van der Waals surface area contributed by atoms with Crippen molar-refractivity contribution >= 4 is 33.6 Å². The maximum atomic E-state index is 12.9. The molecule has 11 heteroatoms. The quantitative estimate of drug-likeness (QED) is 0.399. The third-order valence-electron chi connectivity index (χ3n) is 5.21. The third-order valence-corrected chi connectivity index (χ3v) is 7.03. The largest absolute Gasteiger partial charge is 0.484 e. The zero-order valence-corrected chi connectivity index (χ0v) is 21.3. The Kier molecular flexibility index (Phi) is 8.99. The standard InChI is InChI=1S/C26H26N2O8S/c1-28(16-18-7-5-4-6-8-18)37(32,33)23-11-9-22(10-12-23)36-17-24(29)27-21-14-19(25(30)34-2)13-20(15-21)26(31)35-3/h4-15H,16-17H2,1-3H3,(H,27,29). The number of nitrogens with zero attached hydrogens (tertiary/aromatic N) is 1. The average molecular weight is 527 g/mol. The van der Waals surface area contributed by atoms with Crippen LogP contribution in [0.1, 0.15) is 26.3 Å². The summed E-state index contributed by atoms with van der Waals surface area (Å²) in [6.07, 6.45) is 0. The third kappa shape index (κ3) is 7.15. The van der Waals surface area contributed by atoms with Gasteiger partial charge in [-0.3, -0.25) is 4.79 Å². The average Bonchev–Trinajstić information content (AvgIpc) is 2.91. The Balaban J connectivity index is 1.63. The molecule has 0 unspecified atom stereocenters. The van der Waals surface area contributed by atoms with E-state index in [4.69, 9.17) is 4.74 Å². The molecule has 0 atom stereocenters. The Morgan fingerprint density at radius 1 is 0.838 bits per heavy atom. The van der Waals surface area contributed by atoms with Gasteiger partial charge in [0, 0.05) is 19.3 Å². The second kappa shape index (κ2) is 12.2. The first-order valence-electron chi connectivity index (χ1n) is 11.0. The van der Waals surface area contributed by atoms with E-state index in [0.717, 1.165) is 5.56 Å². The van der Waals surface area contributed by atoms with E-state index in [1.165, 1.54) is 68.0 Å². The van der Waals surface area contributed by atoms with Crippen molar-refractivity contribution < 1.29 is 37.0 Å². The molecule has 10 nitrogen and oxygen atoms in total. The van der Waals surface area contributed by atoms with E-state index in [-0.39, 0.29) is 34.0 Å². The van der Waals surface area contributed by atoms with E-state index < -0.39 is 34.5 Å². The summed E-state index contributed by atoms with van der Waals surface area (Å²) in [5, 5.41) is 2.54. The summed E-state index contributed by atoms with van der Waals surface area (Å²) in [6, 6.07) is 18.9. The van der Waals surface area contributed by atoms with Crippen LogP contribution in [0.5, 0.6) is 5.75 Å². The smallest absolute Gasteiger partial charge is 0.337 e. The van der Waals surface area contributed by atoms with Crippen molar-refractivity contribution in [1.29, 1.82) is 0 Å². The molecule has 0 aliphatic heterocycles. The van der Waals surface area contributed by atoms with Crippen molar-refractivity contribution in [2.75, 3.05) is 33.2 Å². The van der Waals surface area contributed by atoms with Crippen molar-refractivity contribution in [3.63, 3.8) is 0 Å². The summed E-state index contributed by atoms with van der Waals surface area (Å²) in [5.41, 5.74) is 1.13. The Labute approximate surface area is 214 Å². The SMILES string of the molecule is COC(=O)c1cc(NC(=O)COc2ccc(S(=O)(=O)N(C)Cc3ccccc3)cc2)cc(C(=O)OC)c1. The molecule has 0 spiro atoms. The number of anilines is 1. The van der Waals surface area contributed by atoms with Crippen LogP contribution in [-0.2, 0) is 30.8 Å². The van der Waals surface area contributed by atoms with Crippen molar-refractivity contribution in [3.8, 4) is 5.75 Å². The Morgan fingerprint density at radius 3 is 1.95 bits per heavy atom. The van der Waals surface area contributed by atoms with Gasteiger partial charge in [0.1, 0.15) is 5.75 Å². The normalized spacial score (nSPS) is 11.0. The van der Waals surface area contributed by atoms with Crippen LogP contribution in [0.15, 0.2) is 77.7 Å². The van der Waals surface area contributed by atoms with E-state index in [9.17, 15) is 22.8 Å². The van der Waals surface area contributed by atoms with Gasteiger partial charge in [-0.2, -0.15) is 4.31 Å². The predicted octanol–water partition coefficient (Wildman–Crippen LogP) is 3.10. The molecular formula is C26H26N2O8S. The van der Waals surface area contributed by atoms with Crippen molar-refractivity contribution in [2.45, 2.75) is 11.4 Å². The number of carbonyl (C=O) groups is 3. The fraction of sp³-hybridized carbons (Fsp3) is 0.192. The van der Waals surface area contributed by atoms with Crippen LogP contribution in [0.3, 0.4) is 0 Å². The molecule has 3 aromatic rings. The van der Waals surface area contributed by atoms with Crippen LogP contribution < -0.4 is 10.1 Å². The van der Waals surface area contributed by atoms with Crippen molar-refractivity contribution in [3.05, 3.63) is 89.5 Å². The molecule has 0 aliphatic rings. The molecule has 1 amide bonds. The predicted molar refractivity (Wildman–Crippen MR) is 135 cm³/mol. The number of nitrogens with one attached hydrogen (secondary N) is 1. The van der Waals surface area contributed by atoms with Gasteiger partial charge in [-0.05, 0) is 48.0 Å². The fourth-order valence-electron chi connectivity index (χ4n) is 3.33. The van der Waals surface area contributed by atoms with Gasteiger partial charge in [-0.25, -0.2) is 18.0 Å². The molecule has 0 bridgehead atoms. The van der Waals surface area contributed by atoms with Crippen LogP contribution in [-0.4, -0.2) is 58.4 Å². The lowest BCUT2D eigenvalue weighted by Gasteiger charge is -2.17. The molecule has 194 valence electrons. The Bertz CT molecular complexity index is 1340. The molecule has 0 heterocycles. The molecule has 0 aromatic heterocycles. The highest BCUT2D eigenvalue weighted by atomic mass is 32.2. The van der Waals surface area contributed by atoms with Crippen molar-refractivity contribution in [1.82, 2.24) is 4.31 Å². The summed E-state index contributed by atoms with van der Waals surface area (Å²) >= 11 is 0. The van der Waals surface area contributed by atoms with E-state index in [1.54, 1.807) is 0 Å². The van der Waals surface area contributed by atoms with Gasteiger partial charge in [0.05, 0.1) is 30.2 Å². The second-order valence-electron chi connectivity index (χ2n) is 7.84. The number of ether oxygens (including phenoxy) is 3. The zero-order chi connectivity index (χ0) is 27.0. The fourth-order valence-corrected chi connectivity index (χ4v) is 4.49. The number of hydrogen-bond donors (Lipinski definition) is 1. The molecule has 3 aromatic carbocycles. The highest BCUT2D eigenvalue weighted by Crippen LogP contribution is 2.21. The molecular weight excluding hydrogens is 500 g/mol. The van der Waals surface area contributed by atoms with Crippen molar-refractivity contribution in [2.24, 2.45) is 0 Å². The molecule has 37 heavy (non-hydrogen) atoms. The molecule has 0 radical (unpaired) electrons. The summed E-state index contributed by atoms with van der Waals surface area (Å²) in [6.45, 7) is -0.188. The lowest BCUT2D eigenvalue weighted by Crippen LogP contribution is -2.26. The van der Waals surface area contributed by atoms with Crippen LogP contribution in [0.25, 0.3) is 0 Å². The highest BCUT2D eigenvalue weighted by Gasteiger charge is 2.21. The molecule has 0 aliphatic carbocycles. The van der Waals surface area contributed by atoms with Gasteiger partial charge >= 0.3 is 11.9 Å². The minimum Gasteiger partial charge on any atom is -0.484 e. The van der Waals surface area contributed by atoms with E-state index >= 15 is 0 Å². The van der Waals surface area contributed by atoms with Gasteiger partial charge in [0.25, 0.3) is 5.91 Å². The topological polar surface area (TPSA) is 128 Å². The van der Waals surface area contributed by atoms with Gasteiger partial charge in [-0.1, -0.05) is 30.3 Å². The first kappa shape index (κ1) is 27.4. The first-order valence-corrected chi connectivity index (χ1v) is 12.4. The number of rotatable bonds is 10. The van der Waals surface area contributed by atoms with E-state index in [0.29, 0.717) is 0 Å². The van der Waals surface area contributed by atoms with Gasteiger partial charge < -0.3 is 19.5 Å². The molecule has 0 saturated heterocycles. The molecule has 0 saturated carbocycles. The van der Waals surface area contributed by atoms with Crippen LogP contribution in [0.2, 0.25) is 0 Å². The van der Waals surface area contributed by atoms with Crippen LogP contribution >= 0.6 is 0 Å². The maximum Gasteiger partial charge on any atom is 0.337 e. The number of methoxy groups -OCH3 is 2. The zero-order valence-electron chi connectivity index (χ0n) is 20.5. The Morgan fingerprint density at radius 2 is 1.41 bits per heavy atom. The lowest BCUT2D eigenvalue weighted by atomic mass is 10.1. The highest BCUT2D eigenvalue weighted by molar-refractivity contribution is 7.89. The van der Waals surface area contributed by atoms with Gasteiger partial charge in [-0.15, -0.1) is 0 Å².